The van der Waals surface area contributed by atoms with Gasteiger partial charge in [0, 0.05) is 16.9 Å². The van der Waals surface area contributed by atoms with Crippen LogP contribution in [0.25, 0.3) is 0 Å². The molecule has 0 N–H and O–H groups in total. The fourth-order valence-corrected chi connectivity index (χ4v) is 2.47. The van der Waals surface area contributed by atoms with E-state index in [1.165, 1.54) is 12.5 Å². The van der Waals surface area contributed by atoms with Crippen molar-refractivity contribution in [3.8, 4) is 0 Å². The van der Waals surface area contributed by atoms with Crippen LogP contribution in [0, 0.1) is 0 Å². The van der Waals surface area contributed by atoms with Gasteiger partial charge in [0.1, 0.15) is 0 Å². The first-order valence-electron chi connectivity index (χ1n) is 4.77. The molecule has 0 atom stereocenters. The standard InChI is InChI=1S/C10H7Cl3N2O2S/c11-8-3-1-2-7(10(8)12)4-15-5-9(14-6-15)18(13,16)17/h1-3,5-6H,4H2. The van der Waals surface area contributed by atoms with Gasteiger partial charge in [-0.3, -0.25) is 0 Å². The van der Waals surface area contributed by atoms with Gasteiger partial charge in [-0.15, -0.1) is 0 Å². The average molecular weight is 326 g/mol. The maximum absolute atomic E-state index is 11.1. The average Bonchev–Trinajstić information content (AvgIpc) is 2.73. The van der Waals surface area contributed by atoms with Crippen LogP contribution < -0.4 is 0 Å². The molecule has 0 saturated carbocycles. The van der Waals surface area contributed by atoms with E-state index in [-0.39, 0.29) is 5.03 Å². The first-order valence-corrected chi connectivity index (χ1v) is 7.84. The second-order valence-electron chi connectivity index (χ2n) is 3.54. The largest absolute Gasteiger partial charge is 0.332 e. The molecule has 0 saturated heterocycles. The zero-order chi connectivity index (χ0) is 13.3. The highest BCUT2D eigenvalue weighted by atomic mass is 35.7. The van der Waals surface area contributed by atoms with E-state index in [1.54, 1.807) is 22.8 Å². The van der Waals surface area contributed by atoms with Gasteiger partial charge >= 0.3 is 0 Å². The Morgan fingerprint density at radius 2 is 2.00 bits per heavy atom. The van der Waals surface area contributed by atoms with E-state index in [0.717, 1.165) is 5.56 Å². The predicted molar refractivity (Wildman–Crippen MR) is 70.8 cm³/mol. The second-order valence-corrected chi connectivity index (χ2v) is 6.83. The second kappa shape index (κ2) is 5.09. The van der Waals surface area contributed by atoms with Crippen molar-refractivity contribution in [3.63, 3.8) is 0 Å². The minimum absolute atomic E-state index is 0.192. The normalized spacial score (nSPS) is 11.7. The number of hydrogen-bond acceptors (Lipinski definition) is 3. The number of hydrogen-bond donors (Lipinski definition) is 0. The quantitative estimate of drug-likeness (QED) is 0.815. The summed E-state index contributed by atoms with van der Waals surface area (Å²) in [6.45, 7) is 0.360. The summed E-state index contributed by atoms with van der Waals surface area (Å²) in [5.74, 6) is 0. The summed E-state index contributed by atoms with van der Waals surface area (Å²) >= 11 is 11.9. The molecule has 0 aliphatic carbocycles. The van der Waals surface area contributed by atoms with Crippen molar-refractivity contribution >= 4 is 42.9 Å². The van der Waals surface area contributed by atoms with Crippen molar-refractivity contribution in [2.75, 3.05) is 0 Å². The maximum Gasteiger partial charge on any atom is 0.280 e. The molecule has 0 spiro atoms. The molecule has 2 aromatic rings. The van der Waals surface area contributed by atoms with Crippen LogP contribution in [0.2, 0.25) is 10.0 Å². The summed E-state index contributed by atoms with van der Waals surface area (Å²) in [5, 5.41) is 0.685. The predicted octanol–water partition coefficient (Wildman–Crippen LogP) is 3.17. The summed E-state index contributed by atoms with van der Waals surface area (Å²) in [7, 11) is 1.37. The van der Waals surface area contributed by atoms with Gasteiger partial charge in [-0.2, -0.15) is 0 Å². The Morgan fingerprint density at radius 1 is 1.28 bits per heavy atom. The lowest BCUT2D eigenvalue weighted by atomic mass is 10.2. The van der Waals surface area contributed by atoms with Crippen LogP contribution in [-0.2, 0) is 15.6 Å². The molecular formula is C10H7Cl3N2O2S. The van der Waals surface area contributed by atoms with Gasteiger partial charge in [-0.05, 0) is 11.6 Å². The molecule has 0 radical (unpaired) electrons. The van der Waals surface area contributed by atoms with Crippen LogP contribution in [0.3, 0.4) is 0 Å². The molecular weight excluding hydrogens is 319 g/mol. The molecule has 0 aliphatic heterocycles. The highest BCUT2D eigenvalue weighted by Crippen LogP contribution is 2.26. The summed E-state index contributed by atoms with van der Waals surface area (Å²) in [4.78, 5) is 3.70. The third-order valence-corrected chi connectivity index (χ3v) is 4.29. The fraction of sp³-hybridized carbons (Fsp3) is 0.100. The number of aromatic nitrogens is 2. The van der Waals surface area contributed by atoms with Crippen LogP contribution in [0.15, 0.2) is 35.7 Å². The van der Waals surface area contributed by atoms with E-state index in [1.807, 2.05) is 0 Å². The minimum atomic E-state index is -3.81. The van der Waals surface area contributed by atoms with Crippen LogP contribution in [-0.4, -0.2) is 18.0 Å². The van der Waals surface area contributed by atoms with E-state index < -0.39 is 9.05 Å². The van der Waals surface area contributed by atoms with Gasteiger partial charge in [0.05, 0.1) is 22.9 Å². The van der Waals surface area contributed by atoms with E-state index in [4.69, 9.17) is 33.9 Å². The molecule has 1 heterocycles. The van der Waals surface area contributed by atoms with E-state index in [2.05, 4.69) is 4.98 Å². The molecule has 0 aliphatic rings. The molecule has 0 bridgehead atoms. The Balaban J connectivity index is 2.30. The Morgan fingerprint density at radius 3 is 2.61 bits per heavy atom. The lowest BCUT2D eigenvalue weighted by molar-refractivity contribution is 0.606. The van der Waals surface area contributed by atoms with Crippen molar-refractivity contribution in [2.45, 2.75) is 11.6 Å². The molecule has 0 fully saturated rings. The molecule has 1 aromatic carbocycles. The molecule has 1 aromatic heterocycles. The number of rotatable bonds is 3. The van der Waals surface area contributed by atoms with E-state index >= 15 is 0 Å². The van der Waals surface area contributed by atoms with Crippen LogP contribution >= 0.6 is 33.9 Å². The van der Waals surface area contributed by atoms with Crippen LogP contribution in [0.4, 0.5) is 0 Å². The monoisotopic (exact) mass is 324 g/mol. The van der Waals surface area contributed by atoms with Crippen molar-refractivity contribution in [3.05, 3.63) is 46.3 Å². The molecule has 8 heteroatoms. The smallest absolute Gasteiger partial charge is 0.280 e. The summed E-state index contributed by atoms with van der Waals surface area (Å²) < 4.78 is 23.7. The first-order chi connectivity index (χ1) is 8.38. The molecule has 0 unspecified atom stereocenters. The Hall–Kier alpha value is -0.750. The summed E-state index contributed by atoms with van der Waals surface area (Å²) in [5.41, 5.74) is 0.764. The number of halogens is 3. The van der Waals surface area contributed by atoms with Crippen molar-refractivity contribution in [2.24, 2.45) is 0 Å². The molecule has 4 nitrogen and oxygen atoms in total. The lowest BCUT2D eigenvalue weighted by Gasteiger charge is -2.05. The van der Waals surface area contributed by atoms with Gasteiger partial charge < -0.3 is 4.57 Å². The van der Waals surface area contributed by atoms with Gasteiger partial charge in [0.2, 0.25) is 0 Å². The highest BCUT2D eigenvalue weighted by molar-refractivity contribution is 8.13. The van der Waals surface area contributed by atoms with Crippen molar-refractivity contribution in [1.82, 2.24) is 9.55 Å². The third-order valence-electron chi connectivity index (χ3n) is 2.24. The van der Waals surface area contributed by atoms with E-state index in [0.29, 0.717) is 16.6 Å². The van der Waals surface area contributed by atoms with Gasteiger partial charge in [0.15, 0.2) is 5.03 Å². The van der Waals surface area contributed by atoms with Gasteiger partial charge in [0.25, 0.3) is 9.05 Å². The molecule has 2 rings (SSSR count). The third kappa shape index (κ3) is 2.98. The molecule has 96 valence electrons. The van der Waals surface area contributed by atoms with Crippen LogP contribution in [0.1, 0.15) is 5.56 Å². The SMILES string of the molecule is O=S(=O)(Cl)c1cn(Cc2cccc(Cl)c2Cl)cn1. The first kappa shape index (κ1) is 13.7. The van der Waals surface area contributed by atoms with Crippen molar-refractivity contribution in [1.29, 1.82) is 0 Å². The summed E-state index contributed by atoms with van der Waals surface area (Å²) in [6.07, 6.45) is 2.70. The number of nitrogens with zero attached hydrogens (tertiary/aromatic N) is 2. The van der Waals surface area contributed by atoms with E-state index in [9.17, 15) is 8.42 Å². The Labute approximate surface area is 119 Å². The summed E-state index contributed by atoms with van der Waals surface area (Å²) in [6, 6.07) is 5.23. The topological polar surface area (TPSA) is 52.0 Å². The van der Waals surface area contributed by atoms with Gasteiger partial charge in [-0.1, -0.05) is 35.3 Å². The highest BCUT2D eigenvalue weighted by Gasteiger charge is 2.14. The number of imidazole rings is 1. The zero-order valence-electron chi connectivity index (χ0n) is 8.85. The van der Waals surface area contributed by atoms with Gasteiger partial charge in [-0.25, -0.2) is 13.4 Å². The minimum Gasteiger partial charge on any atom is -0.332 e. The van der Waals surface area contributed by atoms with Crippen LogP contribution in [0.5, 0.6) is 0 Å². The Bertz CT molecular complexity index is 682. The molecule has 0 amide bonds. The lowest BCUT2D eigenvalue weighted by Crippen LogP contribution is -1.97. The number of benzene rings is 1. The molecule has 18 heavy (non-hydrogen) atoms. The fourth-order valence-electron chi connectivity index (χ4n) is 1.42. The Kier molecular flexibility index (Phi) is 3.87. The van der Waals surface area contributed by atoms with Crippen molar-refractivity contribution < 1.29 is 8.42 Å². The zero-order valence-corrected chi connectivity index (χ0v) is 11.9. The maximum atomic E-state index is 11.1.